The fraction of sp³-hybridized carbons (Fsp3) is 0.522. The van der Waals surface area contributed by atoms with Crippen LogP contribution in [0.3, 0.4) is 0 Å². The Morgan fingerprint density at radius 2 is 1.62 bits per heavy atom. The lowest BCUT2D eigenvalue weighted by molar-refractivity contribution is 0.0378. The van der Waals surface area contributed by atoms with E-state index in [1.807, 2.05) is 12.4 Å². The third kappa shape index (κ3) is 3.30. The van der Waals surface area contributed by atoms with Crippen LogP contribution >= 0.6 is 0 Å². The Hall–Kier alpha value is -1.71. The lowest BCUT2D eigenvalue weighted by Crippen LogP contribution is -2.47. The molecule has 2 fully saturated rings. The van der Waals surface area contributed by atoms with Crippen LogP contribution in [0.5, 0.6) is 0 Å². The molecule has 0 radical (unpaired) electrons. The van der Waals surface area contributed by atoms with Crippen molar-refractivity contribution in [2.75, 3.05) is 27.2 Å². The number of benzene rings is 1. The molecule has 1 aromatic heterocycles. The van der Waals surface area contributed by atoms with Crippen LogP contribution < -0.4 is 0 Å². The van der Waals surface area contributed by atoms with E-state index in [1.54, 1.807) is 0 Å². The van der Waals surface area contributed by atoms with Gasteiger partial charge in [0.15, 0.2) is 0 Å². The number of likely N-dealkylation sites (tertiary alicyclic amines) is 1. The quantitative estimate of drug-likeness (QED) is 0.820. The van der Waals surface area contributed by atoms with Gasteiger partial charge in [-0.15, -0.1) is 0 Å². The van der Waals surface area contributed by atoms with Gasteiger partial charge in [-0.05, 0) is 81.4 Å². The molecule has 3 nitrogen and oxygen atoms in total. The average Bonchev–Trinajstić information content (AvgIpc) is 3.06. The van der Waals surface area contributed by atoms with Crippen LogP contribution in [0, 0.1) is 5.41 Å². The number of aromatic nitrogens is 1. The van der Waals surface area contributed by atoms with Crippen molar-refractivity contribution in [1.82, 2.24) is 14.8 Å². The van der Waals surface area contributed by atoms with E-state index in [9.17, 15) is 0 Å². The topological polar surface area (TPSA) is 19.4 Å². The van der Waals surface area contributed by atoms with E-state index in [1.165, 1.54) is 56.3 Å². The van der Waals surface area contributed by atoms with Gasteiger partial charge in [0.25, 0.3) is 0 Å². The maximum Gasteiger partial charge on any atom is 0.0455 e. The van der Waals surface area contributed by atoms with Gasteiger partial charge >= 0.3 is 0 Å². The highest BCUT2D eigenvalue weighted by molar-refractivity contribution is 5.26. The van der Waals surface area contributed by atoms with Crippen molar-refractivity contribution < 1.29 is 0 Å². The highest BCUT2D eigenvalue weighted by atomic mass is 15.2. The lowest BCUT2D eigenvalue weighted by Gasteiger charge is -2.49. The second-order valence-corrected chi connectivity index (χ2v) is 8.61. The van der Waals surface area contributed by atoms with E-state index in [0.29, 0.717) is 5.41 Å². The number of nitrogens with zero attached hydrogens (tertiary/aromatic N) is 3. The predicted molar refractivity (Wildman–Crippen MR) is 107 cm³/mol. The molecule has 1 spiro atoms. The zero-order chi connectivity index (χ0) is 18.0. The monoisotopic (exact) mass is 349 g/mol. The van der Waals surface area contributed by atoms with Gasteiger partial charge in [0.2, 0.25) is 0 Å². The van der Waals surface area contributed by atoms with Gasteiger partial charge in [0.05, 0.1) is 0 Å². The van der Waals surface area contributed by atoms with Crippen LogP contribution in [0.15, 0.2) is 54.9 Å². The zero-order valence-electron chi connectivity index (χ0n) is 16.2. The Balaban J connectivity index is 1.44. The predicted octanol–water partition coefficient (Wildman–Crippen LogP) is 4.30. The summed E-state index contributed by atoms with van der Waals surface area (Å²) in [6.07, 6.45) is 10.4. The Labute approximate surface area is 158 Å². The number of rotatable bonds is 4. The summed E-state index contributed by atoms with van der Waals surface area (Å²) < 4.78 is 0. The van der Waals surface area contributed by atoms with E-state index in [0.717, 1.165) is 6.54 Å². The van der Waals surface area contributed by atoms with Crippen LogP contribution in [-0.2, 0) is 12.1 Å². The first kappa shape index (κ1) is 17.7. The first-order valence-corrected chi connectivity index (χ1v) is 9.96. The van der Waals surface area contributed by atoms with Crippen LogP contribution in [0.2, 0.25) is 0 Å². The molecule has 1 saturated carbocycles. The maximum atomic E-state index is 4.14. The van der Waals surface area contributed by atoms with Crippen LogP contribution in [-0.4, -0.2) is 42.0 Å². The van der Waals surface area contributed by atoms with Crippen molar-refractivity contribution in [1.29, 1.82) is 0 Å². The molecular weight excluding hydrogens is 318 g/mol. The van der Waals surface area contributed by atoms with Gasteiger partial charge in [-0.2, -0.15) is 0 Å². The summed E-state index contributed by atoms with van der Waals surface area (Å²) in [6.45, 7) is 3.57. The number of pyridine rings is 1. The van der Waals surface area contributed by atoms with Gasteiger partial charge in [-0.3, -0.25) is 14.8 Å². The first-order chi connectivity index (χ1) is 12.6. The van der Waals surface area contributed by atoms with Crippen molar-refractivity contribution in [2.24, 2.45) is 5.41 Å². The molecular formula is C23H31N3. The summed E-state index contributed by atoms with van der Waals surface area (Å²) in [4.78, 5) is 9.27. The van der Waals surface area contributed by atoms with Crippen LogP contribution in [0.1, 0.15) is 43.2 Å². The highest BCUT2D eigenvalue weighted by Gasteiger charge is 2.47. The van der Waals surface area contributed by atoms with E-state index < -0.39 is 0 Å². The van der Waals surface area contributed by atoms with Gasteiger partial charge in [-0.25, -0.2) is 0 Å². The van der Waals surface area contributed by atoms with Gasteiger partial charge in [0.1, 0.15) is 0 Å². The summed E-state index contributed by atoms with van der Waals surface area (Å²) in [5.41, 5.74) is 3.62. The second-order valence-electron chi connectivity index (χ2n) is 8.61. The molecule has 0 bridgehead atoms. The summed E-state index contributed by atoms with van der Waals surface area (Å²) in [5.74, 6) is 0. The Morgan fingerprint density at radius 3 is 2.27 bits per heavy atom. The van der Waals surface area contributed by atoms with Crippen molar-refractivity contribution in [3.05, 3.63) is 66.0 Å². The van der Waals surface area contributed by atoms with E-state index in [-0.39, 0.29) is 5.54 Å². The molecule has 0 atom stereocenters. The smallest absolute Gasteiger partial charge is 0.0455 e. The minimum Gasteiger partial charge on any atom is -0.300 e. The molecule has 4 rings (SSSR count). The van der Waals surface area contributed by atoms with Crippen molar-refractivity contribution >= 4 is 0 Å². The SMILES string of the molecule is CN(C)C1(c2ccccc2)CCC2(CCN(Cc3ccncc3)C2)CC1. The van der Waals surface area contributed by atoms with Crippen molar-refractivity contribution in [3.63, 3.8) is 0 Å². The molecule has 1 aliphatic heterocycles. The van der Waals surface area contributed by atoms with Gasteiger partial charge in [0, 0.05) is 31.0 Å². The van der Waals surface area contributed by atoms with Gasteiger partial charge < -0.3 is 0 Å². The first-order valence-electron chi connectivity index (χ1n) is 9.96. The molecule has 2 heterocycles. The minimum absolute atomic E-state index is 0.213. The lowest BCUT2D eigenvalue weighted by atomic mass is 9.64. The number of hydrogen-bond acceptors (Lipinski definition) is 3. The highest BCUT2D eigenvalue weighted by Crippen LogP contribution is 2.51. The normalized spacial score (nSPS) is 29.5. The molecule has 1 aliphatic carbocycles. The third-order valence-electron chi connectivity index (χ3n) is 6.98. The average molecular weight is 350 g/mol. The molecule has 3 heteroatoms. The summed E-state index contributed by atoms with van der Waals surface area (Å²) in [7, 11) is 4.52. The summed E-state index contributed by atoms with van der Waals surface area (Å²) in [5, 5.41) is 0. The standard InChI is InChI=1S/C23H31N3/c1-25(2)23(21-6-4-3-5-7-21)12-10-22(11-13-23)14-17-26(19-22)18-20-8-15-24-16-9-20/h3-9,15-16H,10-14,17-19H2,1-2H3. The molecule has 26 heavy (non-hydrogen) atoms. The fourth-order valence-electron chi connectivity index (χ4n) is 5.25. The molecule has 1 aromatic carbocycles. The fourth-order valence-corrected chi connectivity index (χ4v) is 5.25. The zero-order valence-corrected chi connectivity index (χ0v) is 16.2. The Bertz CT molecular complexity index is 703. The third-order valence-corrected chi connectivity index (χ3v) is 6.98. The largest absolute Gasteiger partial charge is 0.300 e. The summed E-state index contributed by atoms with van der Waals surface area (Å²) >= 11 is 0. The van der Waals surface area contributed by atoms with Crippen molar-refractivity contribution in [2.45, 2.75) is 44.2 Å². The molecule has 0 N–H and O–H groups in total. The molecule has 2 aromatic rings. The molecule has 0 unspecified atom stereocenters. The van der Waals surface area contributed by atoms with E-state index in [2.05, 4.69) is 71.3 Å². The summed E-state index contributed by atoms with van der Waals surface area (Å²) in [6, 6.07) is 15.5. The maximum absolute atomic E-state index is 4.14. The number of hydrogen-bond donors (Lipinski definition) is 0. The minimum atomic E-state index is 0.213. The Morgan fingerprint density at radius 1 is 0.923 bits per heavy atom. The molecule has 0 amide bonds. The van der Waals surface area contributed by atoms with Gasteiger partial charge in [-0.1, -0.05) is 30.3 Å². The van der Waals surface area contributed by atoms with E-state index in [4.69, 9.17) is 0 Å². The van der Waals surface area contributed by atoms with Crippen LogP contribution in [0.4, 0.5) is 0 Å². The molecule has 2 aliphatic rings. The second kappa shape index (κ2) is 7.13. The molecule has 1 saturated heterocycles. The molecule has 138 valence electrons. The van der Waals surface area contributed by atoms with Crippen molar-refractivity contribution in [3.8, 4) is 0 Å². The van der Waals surface area contributed by atoms with E-state index >= 15 is 0 Å². The van der Waals surface area contributed by atoms with Crippen LogP contribution in [0.25, 0.3) is 0 Å². The Kier molecular flexibility index (Phi) is 4.85.